The molecule has 1 aromatic carbocycles. The van der Waals surface area contributed by atoms with Gasteiger partial charge in [0.2, 0.25) is 0 Å². The van der Waals surface area contributed by atoms with Crippen LogP contribution < -0.4 is 5.32 Å². The van der Waals surface area contributed by atoms with Crippen LogP contribution in [0, 0.1) is 0 Å². The third-order valence-corrected chi connectivity index (χ3v) is 4.62. The number of carbonyl (C=O) groups is 1. The summed E-state index contributed by atoms with van der Waals surface area (Å²) in [5, 5.41) is 13.3. The fourth-order valence-electron chi connectivity index (χ4n) is 1.81. The van der Waals surface area contributed by atoms with Crippen LogP contribution in [0.3, 0.4) is 0 Å². The zero-order valence-electron chi connectivity index (χ0n) is 11.5. The van der Waals surface area contributed by atoms with Gasteiger partial charge in [-0.15, -0.1) is 5.10 Å². The van der Waals surface area contributed by atoms with Crippen LogP contribution in [-0.4, -0.2) is 31.1 Å². The molecule has 0 saturated carbocycles. The lowest BCUT2D eigenvalue weighted by Crippen LogP contribution is -2.15. The molecule has 0 fully saturated rings. The van der Waals surface area contributed by atoms with Crippen LogP contribution in [0.4, 0.5) is 5.69 Å². The van der Waals surface area contributed by atoms with Gasteiger partial charge in [-0.05, 0) is 34.7 Å². The molecule has 0 radical (unpaired) electrons. The highest BCUT2D eigenvalue weighted by Crippen LogP contribution is 2.36. The van der Waals surface area contributed by atoms with Crippen molar-refractivity contribution >= 4 is 58.0 Å². The molecule has 7 nitrogen and oxygen atoms in total. The van der Waals surface area contributed by atoms with Gasteiger partial charge in [-0.2, -0.15) is 0 Å². The van der Waals surface area contributed by atoms with E-state index in [9.17, 15) is 4.79 Å². The molecule has 1 amide bonds. The molecule has 0 aliphatic rings. The molecule has 122 valence electrons. The van der Waals surface area contributed by atoms with Crippen LogP contribution in [0.1, 0.15) is 10.5 Å². The number of carbonyl (C=O) groups excluding carboxylic acids is 1. The molecule has 3 aromatic rings. The number of rotatable bonds is 3. The average Bonchev–Trinajstić information content (AvgIpc) is 3.11. The Bertz CT molecular complexity index is 898. The van der Waals surface area contributed by atoms with Crippen LogP contribution >= 0.6 is 46.4 Å². The second-order valence-corrected chi connectivity index (χ2v) is 5.94. The van der Waals surface area contributed by atoms with Gasteiger partial charge in [-0.3, -0.25) is 4.79 Å². The van der Waals surface area contributed by atoms with E-state index in [0.29, 0.717) is 5.69 Å². The quantitative estimate of drug-likeness (QED) is 0.669. The van der Waals surface area contributed by atoms with Crippen molar-refractivity contribution in [3.63, 3.8) is 0 Å². The lowest BCUT2D eigenvalue weighted by molar-refractivity contribution is 0.102. The Kier molecular flexibility index (Phi) is 4.86. The highest BCUT2D eigenvalue weighted by molar-refractivity contribution is 6.52. The first-order valence-electron chi connectivity index (χ1n) is 6.32. The van der Waals surface area contributed by atoms with Crippen molar-refractivity contribution < 1.29 is 4.79 Å². The smallest absolute Gasteiger partial charge is 0.275 e. The van der Waals surface area contributed by atoms with Gasteiger partial charge >= 0.3 is 0 Å². The highest BCUT2D eigenvalue weighted by atomic mass is 35.5. The number of tetrazole rings is 1. The van der Waals surface area contributed by atoms with E-state index in [2.05, 4.69) is 25.8 Å². The predicted octanol–water partition coefficient (Wildman–Crippen LogP) is 3.92. The molecule has 3 rings (SSSR count). The number of nitrogens with zero attached hydrogens (tertiary/aromatic N) is 5. The monoisotopic (exact) mass is 402 g/mol. The third-order valence-electron chi connectivity index (χ3n) is 2.94. The number of pyridine rings is 1. The number of aromatic nitrogens is 5. The molecular formula is C13H6Cl4N6O. The van der Waals surface area contributed by atoms with E-state index in [-0.39, 0.29) is 25.9 Å². The van der Waals surface area contributed by atoms with Crippen LogP contribution in [0.5, 0.6) is 0 Å². The summed E-state index contributed by atoms with van der Waals surface area (Å²) < 4.78 is 1.47. The molecule has 0 aliphatic carbocycles. The standard InChI is InChI=1S/C13H6Cl4N6O/c14-8-9(15)11(20-12(17)10(8)16)13(24)19-6-1-3-7(4-2-6)23-5-18-21-22-23/h1-5H,(H,19,24). The van der Waals surface area contributed by atoms with Crippen molar-refractivity contribution in [2.45, 2.75) is 0 Å². The molecule has 0 saturated heterocycles. The van der Waals surface area contributed by atoms with Gasteiger partial charge in [0, 0.05) is 5.69 Å². The SMILES string of the molecule is O=C(Nc1ccc(-n2cnnn2)cc1)c1nc(Cl)c(Cl)c(Cl)c1Cl. The van der Waals surface area contributed by atoms with Crippen molar-refractivity contribution in [3.05, 3.63) is 56.5 Å². The molecule has 0 bridgehead atoms. The molecule has 11 heteroatoms. The second kappa shape index (κ2) is 6.90. The van der Waals surface area contributed by atoms with Gasteiger partial charge in [0.25, 0.3) is 5.91 Å². The van der Waals surface area contributed by atoms with Crippen molar-refractivity contribution in [2.75, 3.05) is 5.32 Å². The Morgan fingerprint density at radius 3 is 2.33 bits per heavy atom. The van der Waals surface area contributed by atoms with Gasteiger partial charge in [0.15, 0.2) is 0 Å². The summed E-state index contributed by atoms with van der Waals surface area (Å²) in [7, 11) is 0. The van der Waals surface area contributed by atoms with Crippen molar-refractivity contribution in [2.24, 2.45) is 0 Å². The van der Waals surface area contributed by atoms with Crippen molar-refractivity contribution in [3.8, 4) is 5.69 Å². The van der Waals surface area contributed by atoms with Gasteiger partial charge < -0.3 is 5.32 Å². The minimum absolute atomic E-state index is 0.00863. The molecule has 2 aromatic heterocycles. The van der Waals surface area contributed by atoms with Gasteiger partial charge in [-0.1, -0.05) is 46.4 Å². The maximum absolute atomic E-state index is 12.3. The van der Waals surface area contributed by atoms with Crippen LogP contribution in [0.25, 0.3) is 5.69 Å². The highest BCUT2D eigenvalue weighted by Gasteiger charge is 2.20. The first kappa shape index (κ1) is 16.9. The summed E-state index contributed by atoms with van der Waals surface area (Å²) in [4.78, 5) is 16.2. The lowest BCUT2D eigenvalue weighted by Gasteiger charge is -2.09. The largest absolute Gasteiger partial charge is 0.321 e. The summed E-state index contributed by atoms with van der Waals surface area (Å²) in [5.41, 5.74) is 1.12. The maximum Gasteiger partial charge on any atom is 0.275 e. The summed E-state index contributed by atoms with van der Waals surface area (Å²) in [6.45, 7) is 0. The fourth-order valence-corrected chi connectivity index (χ4v) is 2.62. The van der Waals surface area contributed by atoms with Gasteiger partial charge in [0.1, 0.15) is 17.2 Å². The molecule has 2 heterocycles. The molecule has 0 aliphatic heterocycles. The van der Waals surface area contributed by atoms with E-state index in [4.69, 9.17) is 46.4 Å². The van der Waals surface area contributed by atoms with Crippen LogP contribution in [0.15, 0.2) is 30.6 Å². The van der Waals surface area contributed by atoms with E-state index in [0.717, 1.165) is 5.69 Å². The van der Waals surface area contributed by atoms with Crippen LogP contribution in [-0.2, 0) is 0 Å². The maximum atomic E-state index is 12.3. The Morgan fingerprint density at radius 1 is 1.00 bits per heavy atom. The minimum atomic E-state index is -0.573. The van der Waals surface area contributed by atoms with E-state index < -0.39 is 5.91 Å². The summed E-state index contributed by atoms with van der Waals surface area (Å²) in [6, 6.07) is 6.79. The Morgan fingerprint density at radius 2 is 1.71 bits per heavy atom. The zero-order chi connectivity index (χ0) is 17.3. The molecule has 0 spiro atoms. The van der Waals surface area contributed by atoms with Gasteiger partial charge in [0.05, 0.1) is 20.8 Å². The molecule has 1 N–H and O–H groups in total. The lowest BCUT2D eigenvalue weighted by atomic mass is 10.2. The second-order valence-electron chi connectivity index (χ2n) is 4.45. The predicted molar refractivity (Wildman–Crippen MR) is 91.4 cm³/mol. The van der Waals surface area contributed by atoms with Crippen molar-refractivity contribution in [1.29, 1.82) is 0 Å². The number of amides is 1. The number of halogens is 4. The van der Waals surface area contributed by atoms with Gasteiger partial charge in [-0.25, -0.2) is 9.67 Å². The van der Waals surface area contributed by atoms with E-state index in [1.54, 1.807) is 24.3 Å². The average molecular weight is 404 g/mol. The third kappa shape index (κ3) is 3.29. The first-order valence-corrected chi connectivity index (χ1v) is 7.83. The number of hydrogen-bond acceptors (Lipinski definition) is 5. The van der Waals surface area contributed by atoms with E-state index >= 15 is 0 Å². The Labute approximate surface area is 155 Å². The number of nitrogens with one attached hydrogen (secondary N) is 1. The first-order chi connectivity index (χ1) is 11.5. The number of hydrogen-bond donors (Lipinski definition) is 1. The van der Waals surface area contributed by atoms with E-state index in [1.165, 1.54) is 11.0 Å². The van der Waals surface area contributed by atoms with Crippen molar-refractivity contribution in [1.82, 2.24) is 25.2 Å². The van der Waals surface area contributed by atoms with E-state index in [1.807, 2.05) is 0 Å². The normalized spacial score (nSPS) is 10.7. The molecule has 0 unspecified atom stereocenters. The van der Waals surface area contributed by atoms with Crippen LogP contribution in [0.2, 0.25) is 20.2 Å². The Balaban J connectivity index is 1.83. The minimum Gasteiger partial charge on any atom is -0.321 e. The molecule has 0 atom stereocenters. The number of benzene rings is 1. The molecule has 24 heavy (non-hydrogen) atoms. The molecular weight excluding hydrogens is 398 g/mol. The summed E-state index contributed by atoms with van der Waals surface area (Å²) in [5.74, 6) is -0.573. The Hall–Kier alpha value is -1.93. The summed E-state index contributed by atoms with van der Waals surface area (Å²) in [6.07, 6.45) is 1.45. The zero-order valence-corrected chi connectivity index (χ0v) is 14.6. The fraction of sp³-hybridized carbons (Fsp3) is 0. The summed E-state index contributed by atoms with van der Waals surface area (Å²) >= 11 is 23.6. The topological polar surface area (TPSA) is 85.6 Å². The number of anilines is 1.